The molecular formula is C16H17NO3. The van der Waals surface area contributed by atoms with Crippen molar-refractivity contribution in [2.24, 2.45) is 5.92 Å². The fourth-order valence-electron chi connectivity index (χ4n) is 2.61. The van der Waals surface area contributed by atoms with Gasteiger partial charge in [0, 0.05) is 12.3 Å². The maximum atomic E-state index is 12.1. The number of esters is 1. The van der Waals surface area contributed by atoms with Crippen LogP contribution in [0.5, 0.6) is 0 Å². The topological polar surface area (TPSA) is 67.2 Å². The molecule has 4 heteroatoms. The van der Waals surface area contributed by atoms with Gasteiger partial charge in [0.1, 0.15) is 5.78 Å². The van der Waals surface area contributed by atoms with Crippen molar-refractivity contribution in [1.29, 1.82) is 5.26 Å². The Morgan fingerprint density at radius 2 is 2.10 bits per heavy atom. The Morgan fingerprint density at radius 3 is 2.70 bits per heavy atom. The summed E-state index contributed by atoms with van der Waals surface area (Å²) >= 11 is 0. The first-order valence-electron chi connectivity index (χ1n) is 6.85. The lowest BCUT2D eigenvalue weighted by Gasteiger charge is -2.27. The molecule has 1 fully saturated rings. The van der Waals surface area contributed by atoms with Gasteiger partial charge in [0.15, 0.2) is 0 Å². The van der Waals surface area contributed by atoms with Crippen LogP contribution in [0.15, 0.2) is 24.3 Å². The second-order valence-electron chi connectivity index (χ2n) is 4.98. The largest absolute Gasteiger partial charge is 0.466 e. The number of carbonyl (C=O) groups excluding carboxylic acids is 2. The monoisotopic (exact) mass is 271 g/mol. The number of Topliss-reactive ketones (excluding diaryl/α,β-unsaturated/α-hetero) is 1. The predicted molar refractivity (Wildman–Crippen MR) is 72.9 cm³/mol. The third-order valence-electron chi connectivity index (χ3n) is 3.71. The summed E-state index contributed by atoms with van der Waals surface area (Å²) in [6, 6.07) is 9.06. The van der Waals surface area contributed by atoms with Crippen LogP contribution < -0.4 is 0 Å². The first-order chi connectivity index (χ1) is 9.65. The van der Waals surface area contributed by atoms with Crippen molar-refractivity contribution in [2.45, 2.75) is 32.1 Å². The van der Waals surface area contributed by atoms with Crippen molar-refractivity contribution in [2.75, 3.05) is 6.61 Å². The van der Waals surface area contributed by atoms with Crippen LogP contribution in [0.3, 0.4) is 0 Å². The van der Waals surface area contributed by atoms with Crippen molar-refractivity contribution < 1.29 is 14.3 Å². The molecule has 0 spiro atoms. The lowest BCUT2D eigenvalue weighted by Crippen LogP contribution is -2.29. The molecule has 0 aromatic heterocycles. The smallest absolute Gasteiger partial charge is 0.308 e. The highest BCUT2D eigenvalue weighted by Gasteiger charge is 2.34. The molecule has 0 bridgehead atoms. The number of benzene rings is 1. The van der Waals surface area contributed by atoms with Crippen molar-refractivity contribution >= 4 is 11.8 Å². The van der Waals surface area contributed by atoms with Crippen molar-refractivity contribution in [1.82, 2.24) is 0 Å². The summed E-state index contributed by atoms with van der Waals surface area (Å²) in [7, 11) is 0. The number of rotatable bonds is 3. The van der Waals surface area contributed by atoms with Gasteiger partial charge < -0.3 is 4.74 Å². The standard InChI is InChI=1S/C16H17NO3/c1-2-20-16(19)13-7-8-15(18)14(9-13)12-5-3-11(10-17)4-6-12/h3-6,13-14H,2,7-9H2,1H3. The van der Waals surface area contributed by atoms with Crippen LogP contribution in [-0.2, 0) is 14.3 Å². The van der Waals surface area contributed by atoms with E-state index in [1.165, 1.54) is 0 Å². The Kier molecular flexibility index (Phi) is 4.52. The van der Waals surface area contributed by atoms with Gasteiger partial charge in [0.25, 0.3) is 0 Å². The average Bonchev–Trinajstić information content (AvgIpc) is 2.48. The van der Waals surface area contributed by atoms with E-state index in [2.05, 4.69) is 6.07 Å². The highest BCUT2D eigenvalue weighted by molar-refractivity contribution is 5.88. The number of ketones is 1. The van der Waals surface area contributed by atoms with E-state index in [1.807, 2.05) is 0 Å². The van der Waals surface area contributed by atoms with Crippen LogP contribution >= 0.6 is 0 Å². The molecule has 20 heavy (non-hydrogen) atoms. The summed E-state index contributed by atoms with van der Waals surface area (Å²) in [5, 5.41) is 8.79. The van der Waals surface area contributed by atoms with E-state index in [9.17, 15) is 9.59 Å². The SMILES string of the molecule is CCOC(=O)C1CCC(=O)C(c2ccc(C#N)cc2)C1. The Labute approximate surface area is 118 Å². The van der Waals surface area contributed by atoms with Crippen molar-refractivity contribution in [3.63, 3.8) is 0 Å². The van der Waals surface area contributed by atoms with Crippen LogP contribution in [-0.4, -0.2) is 18.4 Å². The highest BCUT2D eigenvalue weighted by Crippen LogP contribution is 2.34. The minimum absolute atomic E-state index is 0.162. The number of ether oxygens (including phenoxy) is 1. The first kappa shape index (κ1) is 14.3. The molecule has 104 valence electrons. The quantitative estimate of drug-likeness (QED) is 0.792. The maximum Gasteiger partial charge on any atom is 0.308 e. The summed E-state index contributed by atoms with van der Waals surface area (Å²) in [5.74, 6) is -0.506. The van der Waals surface area contributed by atoms with Crippen LogP contribution in [0.4, 0.5) is 0 Å². The van der Waals surface area contributed by atoms with Gasteiger partial charge in [-0.2, -0.15) is 5.26 Å². The molecule has 0 aliphatic heterocycles. The van der Waals surface area contributed by atoms with Gasteiger partial charge in [-0.1, -0.05) is 12.1 Å². The highest BCUT2D eigenvalue weighted by atomic mass is 16.5. The maximum absolute atomic E-state index is 12.1. The summed E-state index contributed by atoms with van der Waals surface area (Å²) < 4.78 is 5.04. The van der Waals surface area contributed by atoms with Crippen molar-refractivity contribution in [3.8, 4) is 6.07 Å². The molecule has 2 atom stereocenters. The number of hydrogen-bond acceptors (Lipinski definition) is 4. The number of nitriles is 1. The molecule has 0 amide bonds. The zero-order valence-electron chi connectivity index (χ0n) is 11.5. The van der Waals surface area contributed by atoms with Crippen molar-refractivity contribution in [3.05, 3.63) is 35.4 Å². The Morgan fingerprint density at radius 1 is 1.40 bits per heavy atom. The van der Waals surface area contributed by atoms with E-state index in [-0.39, 0.29) is 23.6 Å². The van der Waals surface area contributed by atoms with Gasteiger partial charge in [-0.25, -0.2) is 0 Å². The van der Waals surface area contributed by atoms with Crippen LogP contribution in [0, 0.1) is 17.2 Å². The Balaban J connectivity index is 2.14. The van der Waals surface area contributed by atoms with Gasteiger partial charge in [-0.3, -0.25) is 9.59 Å². The van der Waals surface area contributed by atoms with Gasteiger partial charge in [0.2, 0.25) is 0 Å². The predicted octanol–water partition coefficient (Wildman–Crippen LogP) is 2.57. The minimum atomic E-state index is -0.258. The molecule has 1 aromatic rings. The van der Waals surface area contributed by atoms with E-state index in [0.717, 1.165) is 5.56 Å². The molecule has 0 radical (unpaired) electrons. The Bertz CT molecular complexity index is 542. The third kappa shape index (κ3) is 3.05. The summed E-state index contributed by atoms with van der Waals surface area (Å²) in [4.78, 5) is 23.9. The van der Waals surface area contributed by atoms with Crippen LogP contribution in [0.2, 0.25) is 0 Å². The second-order valence-corrected chi connectivity index (χ2v) is 4.98. The molecule has 4 nitrogen and oxygen atoms in total. The molecular weight excluding hydrogens is 254 g/mol. The zero-order valence-corrected chi connectivity index (χ0v) is 11.5. The second kappa shape index (κ2) is 6.33. The van der Waals surface area contributed by atoms with Crippen LogP contribution in [0.1, 0.15) is 43.2 Å². The number of hydrogen-bond donors (Lipinski definition) is 0. The van der Waals surface area contributed by atoms with E-state index in [1.54, 1.807) is 31.2 Å². The molecule has 2 rings (SSSR count). The molecule has 1 aliphatic carbocycles. The molecule has 0 saturated heterocycles. The molecule has 1 aromatic carbocycles. The number of carbonyl (C=O) groups is 2. The third-order valence-corrected chi connectivity index (χ3v) is 3.71. The lowest BCUT2D eigenvalue weighted by molar-refractivity contribution is -0.149. The summed E-state index contributed by atoms with van der Waals surface area (Å²) in [5.41, 5.74) is 1.45. The molecule has 0 N–H and O–H groups in total. The lowest BCUT2D eigenvalue weighted by atomic mass is 9.77. The summed E-state index contributed by atoms with van der Waals surface area (Å²) in [6.07, 6.45) is 1.49. The van der Waals surface area contributed by atoms with Gasteiger partial charge in [-0.05, 0) is 37.5 Å². The molecule has 1 saturated carbocycles. The fourth-order valence-corrected chi connectivity index (χ4v) is 2.61. The van der Waals surface area contributed by atoms with E-state index in [0.29, 0.717) is 31.4 Å². The minimum Gasteiger partial charge on any atom is -0.466 e. The zero-order chi connectivity index (χ0) is 14.5. The first-order valence-corrected chi connectivity index (χ1v) is 6.85. The van der Waals surface area contributed by atoms with Gasteiger partial charge in [-0.15, -0.1) is 0 Å². The van der Waals surface area contributed by atoms with Gasteiger partial charge in [0.05, 0.1) is 24.2 Å². The fraction of sp³-hybridized carbons (Fsp3) is 0.438. The van der Waals surface area contributed by atoms with E-state index in [4.69, 9.17) is 10.00 Å². The molecule has 1 aliphatic rings. The molecule has 0 heterocycles. The molecule has 2 unspecified atom stereocenters. The van der Waals surface area contributed by atoms with E-state index < -0.39 is 0 Å². The summed E-state index contributed by atoms with van der Waals surface area (Å²) in [6.45, 7) is 2.15. The van der Waals surface area contributed by atoms with Gasteiger partial charge >= 0.3 is 5.97 Å². The number of nitrogens with zero attached hydrogens (tertiary/aromatic N) is 1. The normalized spacial score (nSPS) is 22.1. The average molecular weight is 271 g/mol. The Hall–Kier alpha value is -2.15. The van der Waals surface area contributed by atoms with Crippen LogP contribution in [0.25, 0.3) is 0 Å². The van der Waals surface area contributed by atoms with E-state index >= 15 is 0 Å².